The Hall–Kier alpha value is 0.570. The summed E-state index contributed by atoms with van der Waals surface area (Å²) >= 11 is 2.44. The molecule has 0 aromatic rings. The van der Waals surface area contributed by atoms with E-state index in [-0.39, 0.29) is 0 Å². The molecule has 0 fully saturated rings. The molecule has 0 amide bonds. The minimum absolute atomic E-state index is 0.660. The van der Waals surface area contributed by atoms with Gasteiger partial charge < -0.3 is 19.5 Å². The maximum atomic E-state index is 5.49. The lowest BCUT2D eigenvalue weighted by Gasteiger charge is -2.07. The van der Waals surface area contributed by atoms with Crippen molar-refractivity contribution in [1.29, 1.82) is 0 Å². The Balaban J connectivity index is 2.90. The molecule has 0 saturated carbocycles. The number of hydrogen-bond acceptors (Lipinski definition) is 4. The first kappa shape index (κ1) is 21.6. The molecule has 0 aliphatic heterocycles. The number of alkyl halides is 1. The van der Waals surface area contributed by atoms with Gasteiger partial charge in [0.25, 0.3) is 0 Å². The Morgan fingerprint density at radius 3 is 1.95 bits per heavy atom. The van der Waals surface area contributed by atoms with Crippen LogP contribution in [0.1, 0.15) is 45.4 Å². The molecule has 0 aliphatic carbocycles. The van der Waals surface area contributed by atoms with E-state index in [0.29, 0.717) is 26.4 Å². The van der Waals surface area contributed by atoms with E-state index in [1.807, 2.05) is 0 Å². The summed E-state index contributed by atoms with van der Waals surface area (Å²) in [6.07, 6.45) is 7.65. The molecule has 0 aromatic heterocycles. The van der Waals surface area contributed by atoms with Gasteiger partial charge in [0.1, 0.15) is 0 Å². The monoisotopic (exact) mass is 415 g/mol. The molecule has 5 heteroatoms. The molecule has 0 bridgehead atoms. The molecule has 0 heterocycles. The second-order valence-corrected chi connectivity index (χ2v) is 6.12. The summed E-state index contributed by atoms with van der Waals surface area (Å²) in [4.78, 5) is 0. The quantitative estimate of drug-likeness (QED) is 0.212. The van der Waals surface area contributed by atoms with Gasteiger partial charge in [-0.1, -0.05) is 48.8 Å². The van der Waals surface area contributed by atoms with Crippen LogP contribution in [-0.2, 0) is 14.2 Å². The van der Waals surface area contributed by atoms with E-state index in [1.165, 1.54) is 36.5 Å². The van der Waals surface area contributed by atoms with Crippen molar-refractivity contribution in [1.82, 2.24) is 5.32 Å². The SMILES string of the molecule is CCCCOCCOCCOCCNCCCCCCI. The van der Waals surface area contributed by atoms with Crippen molar-refractivity contribution < 1.29 is 14.2 Å². The predicted octanol–water partition coefficient (Wildman–Crippen LogP) is 3.42. The van der Waals surface area contributed by atoms with Crippen LogP contribution in [0.25, 0.3) is 0 Å². The summed E-state index contributed by atoms with van der Waals surface area (Å²) < 4.78 is 17.6. The minimum atomic E-state index is 0.660. The highest BCUT2D eigenvalue weighted by atomic mass is 127. The van der Waals surface area contributed by atoms with Crippen molar-refractivity contribution in [2.24, 2.45) is 0 Å². The highest BCUT2D eigenvalue weighted by Crippen LogP contribution is 2.00. The molecule has 0 saturated heterocycles. The first-order chi connectivity index (χ1) is 10.4. The number of unbranched alkanes of at least 4 members (excludes halogenated alkanes) is 4. The largest absolute Gasteiger partial charge is 0.379 e. The number of halogens is 1. The summed E-state index contributed by atoms with van der Waals surface area (Å²) in [6, 6.07) is 0. The van der Waals surface area contributed by atoms with Crippen LogP contribution < -0.4 is 5.32 Å². The zero-order valence-electron chi connectivity index (χ0n) is 13.7. The predicted molar refractivity (Wildman–Crippen MR) is 97.6 cm³/mol. The maximum Gasteiger partial charge on any atom is 0.0701 e. The van der Waals surface area contributed by atoms with Crippen LogP contribution in [0.2, 0.25) is 0 Å². The first-order valence-corrected chi connectivity index (χ1v) is 9.94. The van der Waals surface area contributed by atoms with Gasteiger partial charge in [-0.3, -0.25) is 0 Å². The van der Waals surface area contributed by atoms with Gasteiger partial charge >= 0.3 is 0 Å². The highest BCUT2D eigenvalue weighted by molar-refractivity contribution is 14.1. The van der Waals surface area contributed by atoms with Crippen LogP contribution in [0, 0.1) is 0 Å². The third-order valence-electron chi connectivity index (χ3n) is 3.05. The van der Waals surface area contributed by atoms with Crippen LogP contribution in [0.15, 0.2) is 0 Å². The molecule has 0 aliphatic rings. The third-order valence-corrected chi connectivity index (χ3v) is 3.81. The van der Waals surface area contributed by atoms with Gasteiger partial charge in [-0.15, -0.1) is 0 Å². The average molecular weight is 415 g/mol. The van der Waals surface area contributed by atoms with E-state index in [1.54, 1.807) is 0 Å². The van der Waals surface area contributed by atoms with Gasteiger partial charge in [0, 0.05) is 13.2 Å². The summed E-state index contributed by atoms with van der Waals surface area (Å²) in [5.74, 6) is 0. The van der Waals surface area contributed by atoms with Crippen molar-refractivity contribution >= 4 is 22.6 Å². The number of ether oxygens (including phenoxy) is 3. The lowest BCUT2D eigenvalue weighted by Crippen LogP contribution is -2.21. The summed E-state index contributed by atoms with van der Waals surface area (Å²) in [7, 11) is 0. The first-order valence-electron chi connectivity index (χ1n) is 8.41. The second-order valence-electron chi connectivity index (χ2n) is 5.04. The van der Waals surface area contributed by atoms with Gasteiger partial charge in [0.05, 0.1) is 33.0 Å². The van der Waals surface area contributed by atoms with Gasteiger partial charge in [-0.25, -0.2) is 0 Å². The molecule has 128 valence electrons. The van der Waals surface area contributed by atoms with Crippen molar-refractivity contribution in [3.05, 3.63) is 0 Å². The fourth-order valence-corrected chi connectivity index (χ4v) is 2.30. The van der Waals surface area contributed by atoms with E-state index < -0.39 is 0 Å². The van der Waals surface area contributed by atoms with Gasteiger partial charge in [0.2, 0.25) is 0 Å². The lowest BCUT2D eigenvalue weighted by atomic mass is 10.2. The Morgan fingerprint density at radius 2 is 1.29 bits per heavy atom. The van der Waals surface area contributed by atoms with Gasteiger partial charge in [-0.2, -0.15) is 0 Å². The third kappa shape index (κ3) is 20.6. The van der Waals surface area contributed by atoms with Gasteiger partial charge in [-0.05, 0) is 30.2 Å². The molecule has 0 radical (unpaired) electrons. The topological polar surface area (TPSA) is 39.7 Å². The van der Waals surface area contributed by atoms with Gasteiger partial charge in [0.15, 0.2) is 0 Å². The summed E-state index contributed by atoms with van der Waals surface area (Å²) in [5, 5.41) is 3.41. The van der Waals surface area contributed by atoms with Crippen molar-refractivity contribution in [2.45, 2.75) is 45.4 Å². The Kier molecular flexibility index (Phi) is 21.1. The molecule has 0 atom stereocenters. The molecule has 1 N–H and O–H groups in total. The summed E-state index contributed by atoms with van der Waals surface area (Å²) in [6.45, 7) is 8.52. The van der Waals surface area contributed by atoms with Crippen LogP contribution in [0.5, 0.6) is 0 Å². The fourth-order valence-electron chi connectivity index (χ4n) is 1.76. The van der Waals surface area contributed by atoms with Crippen molar-refractivity contribution in [2.75, 3.05) is 57.2 Å². The van der Waals surface area contributed by atoms with E-state index in [0.717, 1.165) is 32.7 Å². The molecular weight excluding hydrogens is 381 g/mol. The lowest BCUT2D eigenvalue weighted by molar-refractivity contribution is 0.0147. The molecule has 0 aromatic carbocycles. The molecule has 4 nitrogen and oxygen atoms in total. The minimum Gasteiger partial charge on any atom is -0.379 e. The number of nitrogens with one attached hydrogen (secondary N) is 1. The van der Waals surface area contributed by atoms with E-state index in [9.17, 15) is 0 Å². The average Bonchev–Trinajstić information content (AvgIpc) is 2.50. The van der Waals surface area contributed by atoms with Crippen LogP contribution in [0.3, 0.4) is 0 Å². The smallest absolute Gasteiger partial charge is 0.0701 e. The maximum absolute atomic E-state index is 5.49. The molecule has 21 heavy (non-hydrogen) atoms. The normalized spacial score (nSPS) is 11.1. The number of hydrogen-bond donors (Lipinski definition) is 1. The fraction of sp³-hybridized carbons (Fsp3) is 1.00. The zero-order valence-corrected chi connectivity index (χ0v) is 15.9. The zero-order chi connectivity index (χ0) is 15.4. The van der Waals surface area contributed by atoms with Crippen LogP contribution in [-0.4, -0.2) is 57.2 Å². The standard InChI is InChI=1S/C16H34INO3/c1-2-3-11-19-13-15-21-16-14-20-12-10-18-9-7-5-4-6-8-17/h18H,2-16H2,1H3. The van der Waals surface area contributed by atoms with Crippen molar-refractivity contribution in [3.8, 4) is 0 Å². The second kappa shape index (κ2) is 20.6. The van der Waals surface area contributed by atoms with E-state index >= 15 is 0 Å². The molecule has 0 unspecified atom stereocenters. The Labute approximate surface area is 144 Å². The Bertz CT molecular complexity index is 167. The van der Waals surface area contributed by atoms with Crippen LogP contribution in [0.4, 0.5) is 0 Å². The molecule has 0 spiro atoms. The molecular formula is C16H34INO3. The number of rotatable bonds is 18. The Morgan fingerprint density at radius 1 is 0.667 bits per heavy atom. The van der Waals surface area contributed by atoms with E-state index in [2.05, 4.69) is 34.8 Å². The summed E-state index contributed by atoms with van der Waals surface area (Å²) in [5.41, 5.74) is 0. The van der Waals surface area contributed by atoms with E-state index in [4.69, 9.17) is 14.2 Å². The van der Waals surface area contributed by atoms with Crippen LogP contribution >= 0.6 is 22.6 Å². The van der Waals surface area contributed by atoms with Crippen molar-refractivity contribution in [3.63, 3.8) is 0 Å². The highest BCUT2D eigenvalue weighted by Gasteiger charge is 1.93. The molecule has 0 rings (SSSR count).